The normalized spacial score (nSPS) is 13.2. The van der Waals surface area contributed by atoms with E-state index in [9.17, 15) is 9.18 Å². The van der Waals surface area contributed by atoms with Gasteiger partial charge in [-0.15, -0.1) is 0 Å². The first-order valence-electron chi connectivity index (χ1n) is 6.10. The zero-order chi connectivity index (χ0) is 13.9. The number of hydrogen-bond acceptors (Lipinski definition) is 2. The van der Waals surface area contributed by atoms with Crippen LogP contribution in [0.15, 0.2) is 24.3 Å². The maximum atomic E-state index is 13.7. The lowest BCUT2D eigenvalue weighted by Crippen LogP contribution is -2.50. The maximum absolute atomic E-state index is 13.7. The van der Waals surface area contributed by atoms with Gasteiger partial charge in [0.2, 0.25) is 5.91 Å². The maximum Gasteiger partial charge on any atom is 0.244 e. The van der Waals surface area contributed by atoms with Crippen LogP contribution in [0, 0.1) is 11.2 Å². The summed E-state index contributed by atoms with van der Waals surface area (Å²) in [5, 5.41) is 0. The van der Waals surface area contributed by atoms with Crippen molar-refractivity contribution in [1.82, 2.24) is 0 Å². The summed E-state index contributed by atoms with van der Waals surface area (Å²) in [6, 6.07) is 5.58. The SMILES string of the molecule is CCN(C(=O)[C@H](N)C(C)(C)C)c1ccccc1F. The molecule has 0 heterocycles. The molecule has 0 spiro atoms. The number of benzene rings is 1. The Morgan fingerprint density at radius 2 is 1.94 bits per heavy atom. The highest BCUT2D eigenvalue weighted by Gasteiger charge is 2.31. The highest BCUT2D eigenvalue weighted by atomic mass is 19.1. The number of para-hydroxylation sites is 1. The van der Waals surface area contributed by atoms with E-state index < -0.39 is 11.9 Å². The summed E-state index contributed by atoms with van der Waals surface area (Å²) in [5.74, 6) is -0.663. The molecule has 1 amide bonds. The van der Waals surface area contributed by atoms with Crippen molar-refractivity contribution in [3.05, 3.63) is 30.1 Å². The molecule has 1 aromatic carbocycles. The molecule has 2 N–H and O–H groups in total. The quantitative estimate of drug-likeness (QED) is 0.898. The van der Waals surface area contributed by atoms with Gasteiger partial charge in [-0.05, 0) is 24.5 Å². The third kappa shape index (κ3) is 3.07. The van der Waals surface area contributed by atoms with Gasteiger partial charge < -0.3 is 10.6 Å². The molecule has 0 saturated heterocycles. The van der Waals surface area contributed by atoms with E-state index in [-0.39, 0.29) is 17.0 Å². The Balaban J connectivity index is 3.05. The fourth-order valence-electron chi connectivity index (χ4n) is 1.65. The second-order valence-electron chi connectivity index (χ2n) is 5.38. The van der Waals surface area contributed by atoms with Crippen molar-refractivity contribution >= 4 is 11.6 Å². The molecule has 1 atom stereocenters. The summed E-state index contributed by atoms with van der Waals surface area (Å²) >= 11 is 0. The van der Waals surface area contributed by atoms with E-state index >= 15 is 0 Å². The summed E-state index contributed by atoms with van der Waals surface area (Å²) in [4.78, 5) is 13.7. The average Bonchev–Trinajstić information content (AvgIpc) is 2.30. The number of nitrogens with zero attached hydrogens (tertiary/aromatic N) is 1. The Labute approximate surface area is 108 Å². The van der Waals surface area contributed by atoms with Crippen LogP contribution in [0.2, 0.25) is 0 Å². The predicted molar refractivity (Wildman–Crippen MR) is 71.9 cm³/mol. The van der Waals surface area contributed by atoms with Crippen LogP contribution >= 0.6 is 0 Å². The molecule has 0 aliphatic carbocycles. The highest BCUT2D eigenvalue weighted by molar-refractivity contribution is 5.97. The molecule has 4 heteroatoms. The summed E-state index contributed by atoms with van der Waals surface area (Å²) in [6.45, 7) is 7.88. The van der Waals surface area contributed by atoms with E-state index in [1.54, 1.807) is 25.1 Å². The Kier molecular flexibility index (Phi) is 4.46. The molecular formula is C14H21FN2O. The first-order valence-corrected chi connectivity index (χ1v) is 6.10. The number of anilines is 1. The second-order valence-corrected chi connectivity index (χ2v) is 5.38. The minimum Gasteiger partial charge on any atom is -0.319 e. The first kappa shape index (κ1) is 14.6. The van der Waals surface area contributed by atoms with Gasteiger partial charge in [-0.25, -0.2) is 4.39 Å². The fraction of sp³-hybridized carbons (Fsp3) is 0.500. The summed E-state index contributed by atoms with van der Waals surface area (Å²) < 4.78 is 13.7. The molecule has 1 rings (SSSR count). The van der Waals surface area contributed by atoms with Crippen LogP contribution < -0.4 is 10.6 Å². The molecule has 3 nitrogen and oxygen atoms in total. The van der Waals surface area contributed by atoms with Crippen LogP contribution in [0.5, 0.6) is 0 Å². The molecule has 0 aliphatic heterocycles. The smallest absolute Gasteiger partial charge is 0.244 e. The zero-order valence-corrected chi connectivity index (χ0v) is 11.4. The summed E-state index contributed by atoms with van der Waals surface area (Å²) in [6.07, 6.45) is 0. The van der Waals surface area contributed by atoms with Crippen molar-refractivity contribution in [2.45, 2.75) is 33.7 Å². The van der Waals surface area contributed by atoms with Crippen LogP contribution in [-0.4, -0.2) is 18.5 Å². The number of carbonyl (C=O) groups is 1. The van der Waals surface area contributed by atoms with Gasteiger partial charge in [0.25, 0.3) is 0 Å². The first-order chi connectivity index (χ1) is 8.29. The lowest BCUT2D eigenvalue weighted by Gasteiger charge is -2.31. The van der Waals surface area contributed by atoms with Gasteiger partial charge in [0, 0.05) is 6.54 Å². The summed E-state index contributed by atoms with van der Waals surface area (Å²) in [5.41, 5.74) is 5.88. The molecule has 0 unspecified atom stereocenters. The summed E-state index contributed by atoms with van der Waals surface area (Å²) in [7, 11) is 0. The third-order valence-electron chi connectivity index (χ3n) is 2.92. The molecular weight excluding hydrogens is 231 g/mol. The van der Waals surface area contributed by atoms with Gasteiger partial charge in [0.1, 0.15) is 5.82 Å². The van der Waals surface area contributed by atoms with Crippen LogP contribution in [0.3, 0.4) is 0 Å². The van der Waals surface area contributed by atoms with E-state index in [4.69, 9.17) is 5.73 Å². The van der Waals surface area contributed by atoms with Gasteiger partial charge in [-0.2, -0.15) is 0 Å². The molecule has 0 saturated carbocycles. The van der Waals surface area contributed by atoms with Crippen molar-refractivity contribution in [2.75, 3.05) is 11.4 Å². The molecule has 0 fully saturated rings. The van der Waals surface area contributed by atoms with Gasteiger partial charge in [0.15, 0.2) is 0 Å². The highest BCUT2D eigenvalue weighted by Crippen LogP contribution is 2.24. The van der Waals surface area contributed by atoms with Crippen LogP contribution in [0.1, 0.15) is 27.7 Å². The van der Waals surface area contributed by atoms with Crippen molar-refractivity contribution in [1.29, 1.82) is 0 Å². The van der Waals surface area contributed by atoms with Crippen molar-refractivity contribution in [2.24, 2.45) is 11.1 Å². The van der Waals surface area contributed by atoms with Crippen LogP contribution in [0.4, 0.5) is 10.1 Å². The minimum atomic E-state index is -0.656. The topological polar surface area (TPSA) is 46.3 Å². The largest absolute Gasteiger partial charge is 0.319 e. The number of halogens is 1. The standard InChI is InChI=1S/C14H21FN2O/c1-5-17(11-9-7-6-8-10(11)15)13(18)12(16)14(2,3)4/h6-9,12H,5,16H2,1-4H3/t12-/m0/s1. The lowest BCUT2D eigenvalue weighted by atomic mass is 9.86. The lowest BCUT2D eigenvalue weighted by molar-refractivity contribution is -0.121. The Morgan fingerprint density at radius 3 is 2.39 bits per heavy atom. The molecule has 0 bridgehead atoms. The van der Waals surface area contributed by atoms with E-state index in [1.165, 1.54) is 11.0 Å². The second kappa shape index (κ2) is 5.48. The van der Waals surface area contributed by atoms with Gasteiger partial charge in [0.05, 0.1) is 11.7 Å². The van der Waals surface area contributed by atoms with Crippen molar-refractivity contribution < 1.29 is 9.18 Å². The number of nitrogens with two attached hydrogens (primary N) is 1. The van der Waals surface area contributed by atoms with Crippen molar-refractivity contribution in [3.63, 3.8) is 0 Å². The molecule has 0 aliphatic rings. The predicted octanol–water partition coefficient (Wildman–Crippen LogP) is 2.55. The Bertz CT molecular complexity index is 426. The number of rotatable bonds is 3. The van der Waals surface area contributed by atoms with E-state index in [0.717, 1.165) is 0 Å². The van der Waals surface area contributed by atoms with Crippen LogP contribution in [-0.2, 0) is 4.79 Å². The number of carbonyl (C=O) groups excluding carboxylic acids is 1. The van der Waals surface area contributed by atoms with E-state index in [0.29, 0.717) is 6.54 Å². The molecule has 0 aromatic heterocycles. The third-order valence-corrected chi connectivity index (χ3v) is 2.92. The molecule has 1 aromatic rings. The fourth-order valence-corrected chi connectivity index (χ4v) is 1.65. The monoisotopic (exact) mass is 252 g/mol. The van der Waals surface area contributed by atoms with Crippen LogP contribution in [0.25, 0.3) is 0 Å². The van der Waals surface area contributed by atoms with E-state index in [1.807, 2.05) is 20.8 Å². The van der Waals surface area contributed by atoms with Gasteiger partial charge in [-0.3, -0.25) is 4.79 Å². The number of amides is 1. The van der Waals surface area contributed by atoms with Gasteiger partial charge in [-0.1, -0.05) is 32.9 Å². The van der Waals surface area contributed by atoms with E-state index in [2.05, 4.69) is 0 Å². The van der Waals surface area contributed by atoms with Gasteiger partial charge >= 0.3 is 0 Å². The number of hydrogen-bond donors (Lipinski definition) is 1. The Morgan fingerprint density at radius 1 is 1.39 bits per heavy atom. The van der Waals surface area contributed by atoms with Crippen molar-refractivity contribution in [3.8, 4) is 0 Å². The molecule has 0 radical (unpaired) electrons. The average molecular weight is 252 g/mol. The Hall–Kier alpha value is -1.42. The minimum absolute atomic E-state index is 0.255. The number of likely N-dealkylation sites (N-methyl/N-ethyl adjacent to an activating group) is 1. The molecule has 18 heavy (non-hydrogen) atoms. The zero-order valence-electron chi connectivity index (χ0n) is 11.4. The molecule has 100 valence electrons.